The van der Waals surface area contributed by atoms with Crippen LogP contribution in [-0.2, 0) is 4.79 Å². The molecule has 0 saturated heterocycles. The predicted molar refractivity (Wildman–Crippen MR) is 44.1 cm³/mol. The van der Waals surface area contributed by atoms with Crippen molar-refractivity contribution in [1.29, 1.82) is 5.26 Å². The number of carbonyl (C=O) groups is 1. The van der Waals surface area contributed by atoms with Crippen molar-refractivity contribution in [2.45, 2.75) is 26.2 Å². The molecule has 12 heavy (non-hydrogen) atoms. The van der Waals surface area contributed by atoms with Crippen molar-refractivity contribution in [2.24, 2.45) is 23.2 Å². The van der Waals surface area contributed by atoms with Gasteiger partial charge in [-0.25, -0.2) is 0 Å². The van der Waals surface area contributed by atoms with E-state index in [-0.39, 0.29) is 11.3 Å². The zero-order valence-corrected chi connectivity index (χ0v) is 7.29. The molecule has 4 atom stereocenters. The van der Waals surface area contributed by atoms with Crippen molar-refractivity contribution in [2.75, 3.05) is 0 Å². The lowest BCUT2D eigenvalue weighted by molar-refractivity contribution is -0.112. The van der Waals surface area contributed by atoms with Gasteiger partial charge in [-0.15, -0.1) is 0 Å². The Kier molecular flexibility index (Phi) is 1.51. The number of hydrogen-bond acceptors (Lipinski definition) is 2. The van der Waals surface area contributed by atoms with Crippen molar-refractivity contribution in [1.82, 2.24) is 0 Å². The highest BCUT2D eigenvalue weighted by molar-refractivity contribution is 5.55. The summed E-state index contributed by atoms with van der Waals surface area (Å²) >= 11 is 0. The Bertz CT molecular complexity index is 255. The fraction of sp³-hybridized carbons (Fsp3) is 0.800. The summed E-state index contributed by atoms with van der Waals surface area (Å²) in [5.74, 6) is 1.26. The zero-order chi connectivity index (χ0) is 8.77. The van der Waals surface area contributed by atoms with E-state index in [1.165, 1.54) is 0 Å². The van der Waals surface area contributed by atoms with Gasteiger partial charge in [-0.1, -0.05) is 0 Å². The van der Waals surface area contributed by atoms with E-state index < -0.39 is 0 Å². The van der Waals surface area contributed by atoms with Gasteiger partial charge in [-0.05, 0) is 38.0 Å². The van der Waals surface area contributed by atoms with Gasteiger partial charge >= 0.3 is 0 Å². The highest BCUT2D eigenvalue weighted by atomic mass is 16.1. The van der Waals surface area contributed by atoms with Gasteiger partial charge in [0.15, 0.2) is 0 Å². The van der Waals surface area contributed by atoms with Gasteiger partial charge in [0.05, 0.1) is 11.5 Å². The molecule has 2 saturated carbocycles. The summed E-state index contributed by atoms with van der Waals surface area (Å²) < 4.78 is 0. The Morgan fingerprint density at radius 1 is 1.58 bits per heavy atom. The second-order valence-electron chi connectivity index (χ2n) is 4.46. The molecule has 0 radical (unpaired) electrons. The van der Waals surface area contributed by atoms with Crippen LogP contribution < -0.4 is 0 Å². The largest absolute Gasteiger partial charge is 0.303 e. The average Bonchev–Trinajstić information content (AvgIpc) is 2.60. The summed E-state index contributed by atoms with van der Waals surface area (Å²) in [6, 6.07) is 2.40. The van der Waals surface area contributed by atoms with Crippen LogP contribution in [0.25, 0.3) is 0 Å². The molecule has 0 aromatic carbocycles. The minimum absolute atomic E-state index is 0.121. The molecule has 2 aliphatic rings. The maximum absolute atomic E-state index is 10.6. The highest BCUT2D eigenvalue weighted by Gasteiger charge is 2.52. The quantitative estimate of drug-likeness (QED) is 0.553. The third-order valence-electron chi connectivity index (χ3n) is 3.77. The lowest BCUT2D eigenvalue weighted by Gasteiger charge is -2.28. The van der Waals surface area contributed by atoms with E-state index in [0.717, 1.165) is 25.5 Å². The summed E-state index contributed by atoms with van der Waals surface area (Å²) in [5.41, 5.74) is -0.121. The summed E-state index contributed by atoms with van der Waals surface area (Å²) in [7, 11) is 0. The molecule has 2 bridgehead atoms. The lowest BCUT2D eigenvalue weighted by atomic mass is 9.73. The number of aldehydes is 1. The maximum Gasteiger partial charge on any atom is 0.123 e. The van der Waals surface area contributed by atoms with Gasteiger partial charge in [0.1, 0.15) is 6.29 Å². The van der Waals surface area contributed by atoms with Crippen LogP contribution in [-0.4, -0.2) is 6.29 Å². The molecule has 2 heteroatoms. The van der Waals surface area contributed by atoms with Crippen LogP contribution in [0.3, 0.4) is 0 Å². The van der Waals surface area contributed by atoms with Crippen LogP contribution in [0.4, 0.5) is 0 Å². The molecule has 0 aromatic heterocycles. The van der Waals surface area contributed by atoms with E-state index in [0.29, 0.717) is 11.8 Å². The molecule has 0 spiro atoms. The number of nitriles is 1. The summed E-state index contributed by atoms with van der Waals surface area (Å²) in [5, 5.41) is 8.97. The van der Waals surface area contributed by atoms with E-state index in [9.17, 15) is 4.79 Å². The van der Waals surface area contributed by atoms with Crippen molar-refractivity contribution in [3.63, 3.8) is 0 Å². The Morgan fingerprint density at radius 2 is 2.33 bits per heavy atom. The Balaban J connectivity index is 2.18. The zero-order valence-electron chi connectivity index (χ0n) is 7.29. The van der Waals surface area contributed by atoms with Gasteiger partial charge in [-0.3, -0.25) is 0 Å². The SMILES string of the molecule is CC1(C#N)CC2CC1CC2C=O. The molecule has 0 aromatic rings. The normalized spacial score (nSPS) is 50.5. The molecule has 0 aliphatic heterocycles. The van der Waals surface area contributed by atoms with Crippen LogP contribution in [0.5, 0.6) is 0 Å². The summed E-state index contributed by atoms with van der Waals surface area (Å²) in [6.07, 6.45) is 4.09. The van der Waals surface area contributed by atoms with Crippen molar-refractivity contribution >= 4 is 6.29 Å². The highest BCUT2D eigenvalue weighted by Crippen LogP contribution is 2.57. The fourth-order valence-corrected chi connectivity index (χ4v) is 2.93. The first kappa shape index (κ1) is 7.79. The molecule has 64 valence electrons. The van der Waals surface area contributed by atoms with Crippen molar-refractivity contribution < 1.29 is 4.79 Å². The Morgan fingerprint density at radius 3 is 2.75 bits per heavy atom. The van der Waals surface area contributed by atoms with Gasteiger partial charge < -0.3 is 4.79 Å². The third-order valence-corrected chi connectivity index (χ3v) is 3.77. The van der Waals surface area contributed by atoms with E-state index in [2.05, 4.69) is 6.07 Å². The molecular formula is C10H13NO. The van der Waals surface area contributed by atoms with Gasteiger partial charge in [0, 0.05) is 5.92 Å². The molecule has 0 N–H and O–H groups in total. The second kappa shape index (κ2) is 2.32. The Labute approximate surface area is 72.6 Å². The fourth-order valence-electron chi connectivity index (χ4n) is 2.93. The third kappa shape index (κ3) is 0.827. The van der Waals surface area contributed by atoms with E-state index in [4.69, 9.17) is 5.26 Å². The molecule has 2 fully saturated rings. The standard InChI is InChI=1S/C10H13NO/c1-10(6-11)4-7-2-9(10)3-8(7)5-12/h5,7-9H,2-4H2,1H3. The van der Waals surface area contributed by atoms with Crippen LogP contribution in [0, 0.1) is 34.5 Å². The van der Waals surface area contributed by atoms with Crippen LogP contribution in [0.15, 0.2) is 0 Å². The van der Waals surface area contributed by atoms with Gasteiger partial charge in [0.2, 0.25) is 0 Å². The molecule has 2 aliphatic carbocycles. The molecule has 2 nitrogen and oxygen atoms in total. The first-order valence-electron chi connectivity index (χ1n) is 4.56. The number of fused-ring (bicyclic) bond motifs is 2. The predicted octanol–water partition coefficient (Wildman–Crippen LogP) is 1.76. The van der Waals surface area contributed by atoms with E-state index >= 15 is 0 Å². The average molecular weight is 163 g/mol. The van der Waals surface area contributed by atoms with Crippen LogP contribution >= 0.6 is 0 Å². The number of nitrogens with zero attached hydrogens (tertiary/aromatic N) is 1. The first-order chi connectivity index (χ1) is 5.69. The number of hydrogen-bond donors (Lipinski definition) is 0. The molecule has 0 heterocycles. The van der Waals surface area contributed by atoms with E-state index in [1.807, 2.05) is 6.92 Å². The second-order valence-corrected chi connectivity index (χ2v) is 4.46. The number of carbonyl (C=O) groups excluding carboxylic acids is 1. The number of rotatable bonds is 1. The lowest BCUT2D eigenvalue weighted by Crippen LogP contribution is -2.26. The summed E-state index contributed by atoms with van der Waals surface area (Å²) in [6.45, 7) is 2.04. The van der Waals surface area contributed by atoms with Crippen molar-refractivity contribution in [3.8, 4) is 6.07 Å². The molecular weight excluding hydrogens is 150 g/mol. The molecule has 0 amide bonds. The Hall–Kier alpha value is -0.840. The van der Waals surface area contributed by atoms with Crippen LogP contribution in [0.2, 0.25) is 0 Å². The smallest absolute Gasteiger partial charge is 0.123 e. The van der Waals surface area contributed by atoms with Crippen LogP contribution in [0.1, 0.15) is 26.2 Å². The monoisotopic (exact) mass is 163 g/mol. The minimum Gasteiger partial charge on any atom is -0.303 e. The van der Waals surface area contributed by atoms with Gasteiger partial charge in [0.25, 0.3) is 0 Å². The van der Waals surface area contributed by atoms with E-state index in [1.54, 1.807) is 0 Å². The maximum atomic E-state index is 10.6. The summed E-state index contributed by atoms with van der Waals surface area (Å²) in [4.78, 5) is 10.6. The first-order valence-corrected chi connectivity index (χ1v) is 4.56. The molecule has 4 unspecified atom stereocenters. The minimum atomic E-state index is -0.121. The van der Waals surface area contributed by atoms with Crippen molar-refractivity contribution in [3.05, 3.63) is 0 Å². The molecule has 2 rings (SSSR count). The van der Waals surface area contributed by atoms with Gasteiger partial charge in [-0.2, -0.15) is 5.26 Å². The topological polar surface area (TPSA) is 40.9 Å².